The maximum absolute atomic E-state index is 13.5. The van der Waals surface area contributed by atoms with Gasteiger partial charge in [-0.05, 0) is 54.0 Å². The number of anilines is 1. The molecule has 0 saturated carbocycles. The summed E-state index contributed by atoms with van der Waals surface area (Å²) in [4.78, 5) is 11.8. The summed E-state index contributed by atoms with van der Waals surface area (Å²) in [6.45, 7) is 2.02. The second kappa shape index (κ2) is 7.26. The van der Waals surface area contributed by atoms with Gasteiger partial charge in [-0.3, -0.25) is 4.79 Å². The number of amides is 1. The predicted molar refractivity (Wildman–Crippen MR) is 81.1 cm³/mol. The molecule has 104 valence electrons. The predicted octanol–water partition coefficient (Wildman–Crippen LogP) is 3.01. The number of rotatable bonds is 4. The lowest BCUT2D eigenvalue weighted by Crippen LogP contribution is -2.30. The molecule has 1 aliphatic rings. The van der Waals surface area contributed by atoms with Crippen molar-refractivity contribution in [1.82, 2.24) is 5.32 Å². The number of para-hydroxylation sites is 1. The molecule has 3 nitrogen and oxygen atoms in total. The number of halogens is 2. The minimum atomic E-state index is -0.422. The summed E-state index contributed by atoms with van der Waals surface area (Å²) in [6, 6.07) is 4.64. The van der Waals surface area contributed by atoms with Gasteiger partial charge in [-0.25, -0.2) is 4.39 Å². The van der Waals surface area contributed by atoms with Gasteiger partial charge < -0.3 is 10.6 Å². The highest BCUT2D eigenvalue weighted by Gasteiger charge is 2.16. The average Bonchev–Trinajstić information content (AvgIpc) is 2.42. The van der Waals surface area contributed by atoms with E-state index in [0.717, 1.165) is 25.9 Å². The molecule has 1 saturated heterocycles. The topological polar surface area (TPSA) is 41.1 Å². The Morgan fingerprint density at radius 2 is 2.21 bits per heavy atom. The minimum Gasteiger partial charge on any atom is -0.322 e. The Bertz CT molecular complexity index is 432. The maximum Gasteiger partial charge on any atom is 0.234 e. The molecule has 0 radical (unpaired) electrons. The molecule has 19 heavy (non-hydrogen) atoms. The molecule has 1 heterocycles. The highest BCUT2D eigenvalue weighted by molar-refractivity contribution is 9.10. The molecule has 1 fully saturated rings. The number of thioether (sulfide) groups is 1. The molecule has 0 aromatic heterocycles. The molecule has 0 bridgehead atoms. The van der Waals surface area contributed by atoms with E-state index in [4.69, 9.17) is 0 Å². The van der Waals surface area contributed by atoms with E-state index < -0.39 is 5.82 Å². The summed E-state index contributed by atoms with van der Waals surface area (Å²) < 4.78 is 14.1. The van der Waals surface area contributed by atoms with E-state index in [2.05, 4.69) is 26.6 Å². The van der Waals surface area contributed by atoms with E-state index in [0.29, 0.717) is 15.5 Å². The first-order chi connectivity index (χ1) is 9.16. The summed E-state index contributed by atoms with van der Waals surface area (Å²) in [7, 11) is 0. The fourth-order valence-corrected chi connectivity index (χ4v) is 3.42. The van der Waals surface area contributed by atoms with Crippen LogP contribution in [0.25, 0.3) is 0 Å². The number of benzene rings is 1. The van der Waals surface area contributed by atoms with Crippen LogP contribution >= 0.6 is 27.7 Å². The van der Waals surface area contributed by atoms with Crippen LogP contribution in [-0.2, 0) is 4.79 Å². The standard InChI is InChI=1S/C13H16BrFN2OS/c14-10-2-1-3-11(15)13(10)17-12(18)8-19-9-4-6-16-7-5-9/h1-3,9,16H,4-8H2,(H,17,18). The molecular weight excluding hydrogens is 331 g/mol. The van der Waals surface area contributed by atoms with Crippen LogP contribution in [0.3, 0.4) is 0 Å². The van der Waals surface area contributed by atoms with Crippen LogP contribution in [-0.4, -0.2) is 30.0 Å². The first-order valence-corrected chi connectivity index (χ1v) is 8.07. The quantitative estimate of drug-likeness (QED) is 0.880. The minimum absolute atomic E-state index is 0.158. The fraction of sp³-hybridized carbons (Fsp3) is 0.462. The van der Waals surface area contributed by atoms with Gasteiger partial charge in [-0.2, -0.15) is 0 Å². The zero-order chi connectivity index (χ0) is 13.7. The lowest BCUT2D eigenvalue weighted by molar-refractivity contribution is -0.113. The SMILES string of the molecule is O=C(CSC1CCNCC1)Nc1c(F)cccc1Br. The van der Waals surface area contributed by atoms with Gasteiger partial charge in [0.15, 0.2) is 0 Å². The third-order valence-corrected chi connectivity index (χ3v) is 5.00. The summed E-state index contributed by atoms with van der Waals surface area (Å²) >= 11 is 4.88. The van der Waals surface area contributed by atoms with Gasteiger partial charge in [0.05, 0.1) is 11.4 Å². The highest BCUT2D eigenvalue weighted by atomic mass is 79.9. The smallest absolute Gasteiger partial charge is 0.234 e. The number of hydrogen-bond acceptors (Lipinski definition) is 3. The van der Waals surface area contributed by atoms with Crippen molar-refractivity contribution < 1.29 is 9.18 Å². The highest BCUT2D eigenvalue weighted by Crippen LogP contribution is 2.26. The Morgan fingerprint density at radius 3 is 2.89 bits per heavy atom. The van der Waals surface area contributed by atoms with Crippen LogP contribution in [0.15, 0.2) is 22.7 Å². The van der Waals surface area contributed by atoms with Crippen molar-refractivity contribution in [2.45, 2.75) is 18.1 Å². The molecule has 2 N–H and O–H groups in total. The number of carbonyl (C=O) groups is 1. The van der Waals surface area contributed by atoms with Gasteiger partial charge in [0.2, 0.25) is 5.91 Å². The molecular formula is C13H16BrFN2OS. The van der Waals surface area contributed by atoms with Gasteiger partial charge in [0.1, 0.15) is 5.82 Å². The van der Waals surface area contributed by atoms with Gasteiger partial charge >= 0.3 is 0 Å². The van der Waals surface area contributed by atoms with Crippen molar-refractivity contribution in [2.75, 3.05) is 24.2 Å². The van der Waals surface area contributed by atoms with Crippen molar-refractivity contribution in [1.29, 1.82) is 0 Å². The van der Waals surface area contributed by atoms with E-state index in [1.54, 1.807) is 23.9 Å². The van der Waals surface area contributed by atoms with Crippen LogP contribution in [0.5, 0.6) is 0 Å². The van der Waals surface area contributed by atoms with E-state index in [1.165, 1.54) is 6.07 Å². The van der Waals surface area contributed by atoms with Crippen molar-refractivity contribution in [3.05, 3.63) is 28.5 Å². The molecule has 1 amide bonds. The Morgan fingerprint density at radius 1 is 1.47 bits per heavy atom. The molecule has 6 heteroatoms. The molecule has 2 rings (SSSR count). The van der Waals surface area contributed by atoms with Crippen LogP contribution in [0.2, 0.25) is 0 Å². The molecule has 0 spiro atoms. The average molecular weight is 347 g/mol. The zero-order valence-corrected chi connectivity index (χ0v) is 12.8. The summed E-state index contributed by atoms with van der Waals surface area (Å²) in [5.41, 5.74) is 0.221. The zero-order valence-electron chi connectivity index (χ0n) is 10.4. The lowest BCUT2D eigenvalue weighted by atomic mass is 10.2. The second-order valence-corrected chi connectivity index (χ2v) is 6.55. The van der Waals surface area contributed by atoms with Crippen LogP contribution < -0.4 is 10.6 Å². The monoisotopic (exact) mass is 346 g/mol. The van der Waals surface area contributed by atoms with E-state index in [1.807, 2.05) is 0 Å². The Balaban J connectivity index is 1.83. The van der Waals surface area contributed by atoms with Gasteiger partial charge in [-0.15, -0.1) is 11.8 Å². The molecule has 1 aromatic rings. The number of nitrogens with one attached hydrogen (secondary N) is 2. The van der Waals surface area contributed by atoms with Crippen LogP contribution in [0.1, 0.15) is 12.8 Å². The van der Waals surface area contributed by atoms with E-state index in [9.17, 15) is 9.18 Å². The van der Waals surface area contributed by atoms with Crippen molar-refractivity contribution in [2.24, 2.45) is 0 Å². The van der Waals surface area contributed by atoms with Gasteiger partial charge in [0, 0.05) is 9.72 Å². The fourth-order valence-electron chi connectivity index (χ4n) is 1.95. The molecule has 1 aliphatic heterocycles. The Hall–Kier alpha value is -0.590. The Labute approximate surface area is 124 Å². The summed E-state index contributed by atoms with van der Waals surface area (Å²) in [6.07, 6.45) is 2.17. The normalized spacial score (nSPS) is 16.3. The summed E-state index contributed by atoms with van der Waals surface area (Å²) in [5, 5.41) is 6.43. The first kappa shape index (κ1) is 14.8. The maximum atomic E-state index is 13.5. The van der Waals surface area contributed by atoms with E-state index >= 15 is 0 Å². The van der Waals surface area contributed by atoms with E-state index in [-0.39, 0.29) is 11.6 Å². The second-order valence-electron chi connectivity index (χ2n) is 4.41. The van der Waals surface area contributed by atoms with Gasteiger partial charge in [-0.1, -0.05) is 6.07 Å². The van der Waals surface area contributed by atoms with Crippen molar-refractivity contribution in [3.63, 3.8) is 0 Å². The number of hydrogen-bond donors (Lipinski definition) is 2. The molecule has 0 unspecified atom stereocenters. The third-order valence-electron chi connectivity index (χ3n) is 2.96. The largest absolute Gasteiger partial charge is 0.322 e. The third kappa shape index (κ3) is 4.47. The first-order valence-electron chi connectivity index (χ1n) is 6.23. The molecule has 0 aliphatic carbocycles. The van der Waals surface area contributed by atoms with Crippen molar-refractivity contribution in [3.8, 4) is 0 Å². The van der Waals surface area contributed by atoms with Crippen LogP contribution in [0, 0.1) is 5.82 Å². The lowest BCUT2D eigenvalue weighted by Gasteiger charge is -2.21. The van der Waals surface area contributed by atoms with Crippen molar-refractivity contribution >= 4 is 39.3 Å². The van der Waals surface area contributed by atoms with Crippen LogP contribution in [0.4, 0.5) is 10.1 Å². The summed E-state index contributed by atoms with van der Waals surface area (Å²) in [5.74, 6) is -0.213. The molecule has 1 aromatic carbocycles. The Kier molecular flexibility index (Phi) is 5.66. The van der Waals surface area contributed by atoms with Gasteiger partial charge in [0.25, 0.3) is 0 Å². The molecule has 0 atom stereocenters. The number of carbonyl (C=O) groups excluding carboxylic acids is 1. The number of piperidine rings is 1.